The highest BCUT2D eigenvalue weighted by Crippen LogP contribution is 2.05. The van der Waals surface area contributed by atoms with E-state index in [1.54, 1.807) is 0 Å². The molecule has 0 radical (unpaired) electrons. The van der Waals surface area contributed by atoms with E-state index in [0.717, 1.165) is 0 Å². The number of carbonyl (C=O) groups is 1. The number of fused-ring (bicyclic) bond motifs is 1. The van der Waals surface area contributed by atoms with Crippen molar-refractivity contribution in [3.05, 3.63) is 18.3 Å². The average Bonchev–Trinajstić information content (AvgIpc) is 2.67. The normalized spacial score (nSPS) is 10.6. The molecule has 0 spiro atoms. The number of nitrogens with zero attached hydrogens (tertiary/aromatic N) is 4. The summed E-state index contributed by atoms with van der Waals surface area (Å²) in [6.45, 7) is 0.741. The van der Waals surface area contributed by atoms with Crippen molar-refractivity contribution >= 4 is 17.1 Å². The highest BCUT2D eigenvalue weighted by molar-refractivity contribution is 5.91. The monoisotopic (exact) mass is 221 g/mol. The van der Waals surface area contributed by atoms with Gasteiger partial charge in [0, 0.05) is 13.1 Å². The first kappa shape index (κ1) is 10.3. The predicted molar refractivity (Wildman–Crippen MR) is 56.9 cm³/mol. The van der Waals surface area contributed by atoms with Gasteiger partial charge in [-0.15, -0.1) is 0 Å². The van der Waals surface area contributed by atoms with Gasteiger partial charge in [0.05, 0.1) is 6.20 Å². The first-order chi connectivity index (χ1) is 7.72. The molecule has 0 fully saturated rings. The van der Waals surface area contributed by atoms with E-state index in [1.165, 1.54) is 17.2 Å². The molecule has 0 bridgehead atoms. The summed E-state index contributed by atoms with van der Waals surface area (Å²) in [5.74, 6) is 5.23. The minimum Gasteiger partial charge on any atom is -0.348 e. The number of carbonyl (C=O) groups excluding carboxylic acids is 1. The van der Waals surface area contributed by atoms with Crippen molar-refractivity contribution < 1.29 is 4.79 Å². The molecule has 0 aliphatic rings. The maximum atomic E-state index is 11.5. The molecule has 16 heavy (non-hydrogen) atoms. The Kier molecular flexibility index (Phi) is 2.64. The van der Waals surface area contributed by atoms with Crippen molar-refractivity contribution in [3.8, 4) is 0 Å². The van der Waals surface area contributed by atoms with Crippen LogP contribution in [0.2, 0.25) is 0 Å². The fourth-order valence-electron chi connectivity index (χ4n) is 1.20. The fourth-order valence-corrected chi connectivity index (χ4v) is 1.20. The van der Waals surface area contributed by atoms with Crippen LogP contribution in [0.3, 0.4) is 0 Å². The topological polar surface area (TPSA) is 125 Å². The summed E-state index contributed by atoms with van der Waals surface area (Å²) in [7, 11) is 0. The summed E-state index contributed by atoms with van der Waals surface area (Å²) in [6.07, 6.45) is 2.85. The van der Waals surface area contributed by atoms with Gasteiger partial charge in [-0.05, 0) is 0 Å². The second-order valence-corrected chi connectivity index (χ2v) is 3.10. The summed E-state index contributed by atoms with van der Waals surface area (Å²) in [5, 5.41) is 2.57. The van der Waals surface area contributed by atoms with Gasteiger partial charge in [0.2, 0.25) is 5.82 Å². The maximum Gasteiger partial charge on any atom is 0.289 e. The van der Waals surface area contributed by atoms with Crippen molar-refractivity contribution in [2.75, 3.05) is 18.9 Å². The van der Waals surface area contributed by atoms with E-state index in [0.29, 0.717) is 24.3 Å². The molecule has 84 valence electrons. The molecular formula is C8H11N7O. The summed E-state index contributed by atoms with van der Waals surface area (Å²) in [5.41, 5.74) is 6.21. The van der Waals surface area contributed by atoms with Crippen LogP contribution in [0.4, 0.5) is 0 Å². The maximum absolute atomic E-state index is 11.5. The molecule has 0 unspecified atom stereocenters. The molecule has 0 aromatic carbocycles. The standard InChI is InChI=1S/C8H11N7O/c9-1-2-11-8(16)6-12-3-5-7(14-6)15(10)4-13-5/h3-4H,1-2,9-10H2,(H,11,16). The zero-order valence-corrected chi connectivity index (χ0v) is 8.42. The molecule has 0 aliphatic heterocycles. The van der Waals surface area contributed by atoms with Gasteiger partial charge in [0.1, 0.15) is 11.8 Å². The van der Waals surface area contributed by atoms with Gasteiger partial charge in [-0.1, -0.05) is 0 Å². The zero-order valence-electron chi connectivity index (χ0n) is 8.42. The van der Waals surface area contributed by atoms with Crippen molar-refractivity contribution in [1.29, 1.82) is 0 Å². The predicted octanol–water partition coefficient (Wildman–Crippen LogP) is -1.77. The largest absolute Gasteiger partial charge is 0.348 e. The van der Waals surface area contributed by atoms with Gasteiger partial charge in [0.15, 0.2) is 5.65 Å². The summed E-state index contributed by atoms with van der Waals surface area (Å²) in [6, 6.07) is 0. The van der Waals surface area contributed by atoms with E-state index >= 15 is 0 Å². The number of imidazole rings is 1. The molecule has 2 heterocycles. The molecular weight excluding hydrogens is 210 g/mol. The molecule has 1 amide bonds. The highest BCUT2D eigenvalue weighted by Gasteiger charge is 2.11. The van der Waals surface area contributed by atoms with E-state index in [9.17, 15) is 4.79 Å². The Morgan fingerprint density at radius 3 is 3.06 bits per heavy atom. The molecule has 0 atom stereocenters. The minimum absolute atomic E-state index is 0.0492. The molecule has 0 saturated heterocycles. The van der Waals surface area contributed by atoms with Crippen LogP contribution in [0.15, 0.2) is 12.5 Å². The Labute approximate surface area is 90.6 Å². The van der Waals surface area contributed by atoms with Crippen LogP contribution in [0.1, 0.15) is 10.6 Å². The second kappa shape index (κ2) is 4.11. The van der Waals surface area contributed by atoms with Gasteiger partial charge in [-0.2, -0.15) is 0 Å². The Bertz CT molecular complexity index is 520. The van der Waals surface area contributed by atoms with E-state index < -0.39 is 0 Å². The molecule has 8 heteroatoms. The Balaban J connectivity index is 2.31. The smallest absolute Gasteiger partial charge is 0.289 e. The first-order valence-corrected chi connectivity index (χ1v) is 4.66. The summed E-state index contributed by atoms with van der Waals surface area (Å²) < 4.78 is 1.23. The van der Waals surface area contributed by atoms with E-state index in [2.05, 4.69) is 20.3 Å². The minimum atomic E-state index is -0.381. The van der Waals surface area contributed by atoms with Gasteiger partial charge >= 0.3 is 0 Å². The van der Waals surface area contributed by atoms with E-state index in [1.807, 2.05) is 0 Å². The second-order valence-electron chi connectivity index (χ2n) is 3.10. The average molecular weight is 221 g/mol. The van der Waals surface area contributed by atoms with Gasteiger partial charge < -0.3 is 16.9 Å². The molecule has 0 saturated carbocycles. The number of hydrogen-bond acceptors (Lipinski definition) is 6. The Hall–Kier alpha value is -2.22. The van der Waals surface area contributed by atoms with Gasteiger partial charge in [-0.3, -0.25) is 4.79 Å². The molecule has 5 N–H and O–H groups in total. The number of rotatable bonds is 3. The Morgan fingerprint density at radius 2 is 2.31 bits per heavy atom. The molecule has 0 aliphatic carbocycles. The summed E-state index contributed by atoms with van der Waals surface area (Å²) in [4.78, 5) is 23.3. The first-order valence-electron chi connectivity index (χ1n) is 4.66. The number of nitrogen functional groups attached to an aromatic ring is 1. The fraction of sp³-hybridized carbons (Fsp3) is 0.250. The molecule has 2 aromatic rings. The summed E-state index contributed by atoms with van der Waals surface area (Å²) >= 11 is 0. The number of nitrogens with one attached hydrogen (secondary N) is 1. The number of hydrogen-bond donors (Lipinski definition) is 3. The van der Waals surface area contributed by atoms with E-state index in [4.69, 9.17) is 11.6 Å². The molecule has 8 nitrogen and oxygen atoms in total. The lowest BCUT2D eigenvalue weighted by Crippen LogP contribution is -2.30. The lowest BCUT2D eigenvalue weighted by Gasteiger charge is -2.01. The van der Waals surface area contributed by atoms with Gasteiger partial charge in [-0.25, -0.2) is 19.6 Å². The third-order valence-electron chi connectivity index (χ3n) is 1.95. The lowest BCUT2D eigenvalue weighted by molar-refractivity contribution is 0.0944. The zero-order chi connectivity index (χ0) is 11.5. The van der Waals surface area contributed by atoms with Crippen LogP contribution in [-0.4, -0.2) is 38.6 Å². The lowest BCUT2D eigenvalue weighted by atomic mass is 10.4. The number of aromatic nitrogens is 4. The van der Waals surface area contributed by atoms with Gasteiger partial charge in [0.25, 0.3) is 5.91 Å². The Morgan fingerprint density at radius 1 is 1.50 bits per heavy atom. The number of nitrogens with two attached hydrogens (primary N) is 2. The van der Waals surface area contributed by atoms with Crippen LogP contribution in [0, 0.1) is 0 Å². The van der Waals surface area contributed by atoms with Crippen LogP contribution in [0.5, 0.6) is 0 Å². The SMILES string of the molecule is NCCNC(=O)c1ncc2ncn(N)c2n1. The molecule has 2 rings (SSSR count). The van der Waals surface area contributed by atoms with E-state index in [-0.39, 0.29) is 11.7 Å². The van der Waals surface area contributed by atoms with Crippen LogP contribution < -0.4 is 16.9 Å². The highest BCUT2D eigenvalue weighted by atomic mass is 16.2. The van der Waals surface area contributed by atoms with Crippen molar-refractivity contribution in [3.63, 3.8) is 0 Å². The third-order valence-corrected chi connectivity index (χ3v) is 1.95. The van der Waals surface area contributed by atoms with Crippen molar-refractivity contribution in [1.82, 2.24) is 24.9 Å². The van der Waals surface area contributed by atoms with Crippen LogP contribution in [0.25, 0.3) is 11.2 Å². The quantitative estimate of drug-likeness (QED) is 0.527. The molecule has 2 aromatic heterocycles. The van der Waals surface area contributed by atoms with Crippen molar-refractivity contribution in [2.24, 2.45) is 5.73 Å². The van der Waals surface area contributed by atoms with Crippen LogP contribution in [-0.2, 0) is 0 Å². The van der Waals surface area contributed by atoms with Crippen LogP contribution >= 0.6 is 0 Å². The third kappa shape index (κ3) is 1.77. The van der Waals surface area contributed by atoms with Crippen molar-refractivity contribution in [2.45, 2.75) is 0 Å². The number of amides is 1.